The van der Waals surface area contributed by atoms with Crippen molar-refractivity contribution in [2.45, 2.75) is 19.3 Å². The van der Waals surface area contributed by atoms with Crippen LogP contribution in [0.25, 0.3) is 64.4 Å². The monoisotopic (exact) mass is 633 g/mol. The third kappa shape index (κ3) is 3.85. The number of hydrogen-bond acceptors (Lipinski definition) is 3. The second-order valence-corrected chi connectivity index (χ2v) is 14.4. The van der Waals surface area contributed by atoms with Crippen molar-refractivity contribution < 1.29 is 4.42 Å². The molecular weight excluding hydrogens is 603 g/mol. The Bertz CT molecular complexity index is 2730. The Morgan fingerprint density at radius 3 is 2.04 bits per heavy atom. The fraction of sp³-hybridized carbons (Fsp3) is 0.0667. The van der Waals surface area contributed by atoms with Crippen molar-refractivity contribution in [3.8, 4) is 22.3 Å². The average molecular weight is 634 g/mol. The largest absolute Gasteiger partial charge is 0.456 e. The van der Waals surface area contributed by atoms with E-state index in [-0.39, 0.29) is 5.41 Å². The zero-order valence-electron chi connectivity index (χ0n) is 26.7. The number of para-hydroxylation sites is 2. The first-order valence-electron chi connectivity index (χ1n) is 16.5. The van der Waals surface area contributed by atoms with Gasteiger partial charge in [-0.1, -0.05) is 117 Å². The molecular formula is C45H31NOS. The maximum Gasteiger partial charge on any atom is 0.137 e. The molecule has 9 aromatic rings. The van der Waals surface area contributed by atoms with Crippen LogP contribution in [-0.4, -0.2) is 0 Å². The van der Waals surface area contributed by atoms with Gasteiger partial charge in [-0.3, -0.25) is 0 Å². The van der Waals surface area contributed by atoms with E-state index >= 15 is 0 Å². The summed E-state index contributed by atoms with van der Waals surface area (Å²) in [5, 5.41) is 4.84. The summed E-state index contributed by atoms with van der Waals surface area (Å²) in [5.74, 6) is 0. The molecule has 0 saturated heterocycles. The van der Waals surface area contributed by atoms with Crippen LogP contribution in [0.5, 0.6) is 0 Å². The number of fused-ring (bicyclic) bond motifs is 9. The Hall–Kier alpha value is -5.64. The standard InChI is InChI=1S/C45H31NOS/c1-45(2)35-18-7-3-13-29(35)30-26-25-28(27-36(30)45)46(38-20-12-22-40-44(38)33-15-5-9-21-39(33)47-40)37-19-8-4-14-31(37)32-17-11-24-42-43(32)34-16-6-10-23-41(34)48-42/h3-27H,1-2H3. The number of benzene rings is 7. The number of rotatable bonds is 4. The van der Waals surface area contributed by atoms with Crippen LogP contribution in [0, 0.1) is 0 Å². The van der Waals surface area contributed by atoms with Crippen LogP contribution in [0.3, 0.4) is 0 Å². The van der Waals surface area contributed by atoms with Gasteiger partial charge in [0, 0.05) is 42.2 Å². The van der Waals surface area contributed by atoms with Crippen molar-refractivity contribution in [3.05, 3.63) is 163 Å². The van der Waals surface area contributed by atoms with E-state index in [4.69, 9.17) is 4.42 Å². The predicted octanol–water partition coefficient (Wildman–Crippen LogP) is 13.4. The first kappa shape index (κ1) is 27.5. The molecule has 228 valence electrons. The second-order valence-electron chi connectivity index (χ2n) is 13.3. The lowest BCUT2D eigenvalue weighted by Crippen LogP contribution is -2.17. The summed E-state index contributed by atoms with van der Waals surface area (Å²) in [4.78, 5) is 2.46. The van der Waals surface area contributed by atoms with Gasteiger partial charge in [0.15, 0.2) is 0 Å². The molecule has 3 heteroatoms. The Balaban J connectivity index is 1.29. The Kier molecular flexibility index (Phi) is 5.82. The lowest BCUT2D eigenvalue weighted by molar-refractivity contribution is 0.660. The smallest absolute Gasteiger partial charge is 0.137 e. The molecule has 2 nitrogen and oxygen atoms in total. The van der Waals surface area contributed by atoms with E-state index in [1.807, 2.05) is 17.4 Å². The third-order valence-electron chi connectivity index (χ3n) is 10.3. The minimum Gasteiger partial charge on any atom is -0.456 e. The molecule has 48 heavy (non-hydrogen) atoms. The van der Waals surface area contributed by atoms with Crippen molar-refractivity contribution in [1.29, 1.82) is 0 Å². The summed E-state index contributed by atoms with van der Waals surface area (Å²) in [7, 11) is 0. The van der Waals surface area contributed by atoms with E-state index < -0.39 is 0 Å². The van der Waals surface area contributed by atoms with Crippen molar-refractivity contribution in [2.24, 2.45) is 0 Å². The highest BCUT2D eigenvalue weighted by Crippen LogP contribution is 2.53. The molecule has 10 rings (SSSR count). The molecule has 0 aliphatic heterocycles. The fourth-order valence-corrected chi connectivity index (χ4v) is 9.21. The first-order chi connectivity index (χ1) is 23.6. The lowest BCUT2D eigenvalue weighted by Gasteiger charge is -2.30. The number of nitrogens with zero attached hydrogens (tertiary/aromatic N) is 1. The van der Waals surface area contributed by atoms with Crippen LogP contribution in [-0.2, 0) is 5.41 Å². The summed E-state index contributed by atoms with van der Waals surface area (Å²) in [6.07, 6.45) is 0. The summed E-state index contributed by atoms with van der Waals surface area (Å²) in [6, 6.07) is 55.2. The highest BCUT2D eigenvalue weighted by Gasteiger charge is 2.36. The second kappa shape index (κ2) is 10.2. The predicted molar refractivity (Wildman–Crippen MR) is 204 cm³/mol. The van der Waals surface area contributed by atoms with E-state index in [1.54, 1.807) is 0 Å². The van der Waals surface area contributed by atoms with Crippen LogP contribution >= 0.6 is 11.3 Å². The molecule has 0 saturated carbocycles. The summed E-state index contributed by atoms with van der Waals surface area (Å²) in [5.41, 5.74) is 12.8. The third-order valence-corrected chi connectivity index (χ3v) is 11.4. The van der Waals surface area contributed by atoms with Crippen LogP contribution in [0.2, 0.25) is 0 Å². The lowest BCUT2D eigenvalue weighted by atomic mass is 9.82. The van der Waals surface area contributed by atoms with Crippen LogP contribution in [0.1, 0.15) is 25.0 Å². The SMILES string of the molecule is CC1(C)c2ccccc2-c2ccc(N(c3ccccc3-c3cccc4sc5ccccc5c34)c3cccc4oc5ccccc5c34)cc21. The minimum absolute atomic E-state index is 0.122. The molecule has 0 amide bonds. The number of furan rings is 1. The average Bonchev–Trinajstić information content (AvgIpc) is 3.77. The van der Waals surface area contributed by atoms with Crippen molar-refractivity contribution in [3.63, 3.8) is 0 Å². The Morgan fingerprint density at radius 1 is 0.479 bits per heavy atom. The van der Waals surface area contributed by atoms with Gasteiger partial charge in [-0.2, -0.15) is 0 Å². The van der Waals surface area contributed by atoms with Gasteiger partial charge < -0.3 is 9.32 Å². The molecule has 2 aromatic heterocycles. The van der Waals surface area contributed by atoms with Gasteiger partial charge in [-0.25, -0.2) is 0 Å². The number of anilines is 3. The molecule has 7 aromatic carbocycles. The minimum atomic E-state index is -0.122. The van der Waals surface area contributed by atoms with Crippen LogP contribution in [0.15, 0.2) is 156 Å². The zero-order valence-corrected chi connectivity index (χ0v) is 27.5. The molecule has 0 N–H and O–H groups in total. The molecule has 0 fully saturated rings. The van der Waals surface area contributed by atoms with Gasteiger partial charge in [0.1, 0.15) is 11.2 Å². The van der Waals surface area contributed by atoms with E-state index in [0.717, 1.165) is 39.0 Å². The molecule has 2 heterocycles. The maximum absolute atomic E-state index is 6.45. The quantitative estimate of drug-likeness (QED) is 0.192. The molecule has 0 bridgehead atoms. The summed E-state index contributed by atoms with van der Waals surface area (Å²) >= 11 is 1.86. The van der Waals surface area contributed by atoms with Gasteiger partial charge in [-0.15, -0.1) is 11.3 Å². The van der Waals surface area contributed by atoms with E-state index in [0.29, 0.717) is 0 Å². The van der Waals surface area contributed by atoms with Gasteiger partial charge in [0.25, 0.3) is 0 Å². The zero-order chi connectivity index (χ0) is 32.0. The molecule has 0 spiro atoms. The van der Waals surface area contributed by atoms with Crippen molar-refractivity contribution in [1.82, 2.24) is 0 Å². The van der Waals surface area contributed by atoms with E-state index in [1.165, 1.54) is 53.6 Å². The van der Waals surface area contributed by atoms with Crippen molar-refractivity contribution in [2.75, 3.05) is 4.90 Å². The van der Waals surface area contributed by atoms with E-state index in [2.05, 4.69) is 164 Å². The Labute approximate surface area is 283 Å². The van der Waals surface area contributed by atoms with Gasteiger partial charge in [-0.05, 0) is 76.3 Å². The van der Waals surface area contributed by atoms with Gasteiger partial charge >= 0.3 is 0 Å². The fourth-order valence-electron chi connectivity index (χ4n) is 8.08. The van der Waals surface area contributed by atoms with Crippen LogP contribution < -0.4 is 4.90 Å². The van der Waals surface area contributed by atoms with Gasteiger partial charge in [0.05, 0.1) is 16.8 Å². The molecule has 0 unspecified atom stereocenters. The molecule has 1 aliphatic carbocycles. The first-order valence-corrected chi connectivity index (χ1v) is 17.3. The molecule has 0 atom stereocenters. The van der Waals surface area contributed by atoms with Crippen molar-refractivity contribution >= 4 is 70.5 Å². The summed E-state index contributed by atoms with van der Waals surface area (Å²) in [6.45, 7) is 4.71. The normalized spacial score (nSPS) is 13.4. The summed E-state index contributed by atoms with van der Waals surface area (Å²) < 4.78 is 9.06. The highest BCUT2D eigenvalue weighted by molar-refractivity contribution is 7.25. The maximum atomic E-state index is 6.45. The van der Waals surface area contributed by atoms with Gasteiger partial charge in [0.2, 0.25) is 0 Å². The topological polar surface area (TPSA) is 16.4 Å². The van der Waals surface area contributed by atoms with Crippen LogP contribution in [0.4, 0.5) is 17.1 Å². The number of hydrogen-bond donors (Lipinski definition) is 0. The van der Waals surface area contributed by atoms with E-state index in [9.17, 15) is 0 Å². The molecule has 1 aliphatic rings. The number of thiophene rings is 1. The highest BCUT2D eigenvalue weighted by atomic mass is 32.1. The molecule has 0 radical (unpaired) electrons. The Morgan fingerprint density at radius 2 is 1.12 bits per heavy atom.